The fourth-order valence-corrected chi connectivity index (χ4v) is 3.57. The lowest BCUT2D eigenvalue weighted by Gasteiger charge is -2.33. The van der Waals surface area contributed by atoms with E-state index in [1.54, 1.807) is 0 Å². The number of likely N-dealkylation sites (tertiary alicyclic amines) is 1. The van der Waals surface area contributed by atoms with E-state index in [2.05, 4.69) is 22.9 Å². The second kappa shape index (κ2) is 6.89. The predicted octanol–water partition coefficient (Wildman–Crippen LogP) is 3.13. The van der Waals surface area contributed by atoms with E-state index in [1.165, 1.54) is 11.3 Å². The molecule has 1 fully saturated rings. The molecule has 1 aromatic heterocycles. The average molecular weight is 354 g/mol. The van der Waals surface area contributed by atoms with Crippen LogP contribution in [0.5, 0.6) is 0 Å². The Morgan fingerprint density at radius 1 is 1.50 bits per heavy atom. The fourth-order valence-electron chi connectivity index (χ4n) is 2.21. The van der Waals surface area contributed by atoms with E-state index in [1.807, 2.05) is 17.0 Å². The maximum absolute atomic E-state index is 12.2. The van der Waals surface area contributed by atoms with Gasteiger partial charge in [-0.1, -0.05) is 0 Å². The highest BCUT2D eigenvalue weighted by atomic mass is 79.9. The Morgan fingerprint density at radius 3 is 2.56 bits per heavy atom. The van der Waals surface area contributed by atoms with Crippen molar-refractivity contribution in [1.29, 1.82) is 0 Å². The lowest BCUT2D eigenvalue weighted by molar-refractivity contribution is 0.0686. The standard InChI is InChI=1S/C12H17BrN2OS.ClH/c1-8(14)9-4-6-15(7-5-9)12(16)10-2-3-11(13)17-10;/h2-3,8-9H,4-7,14H2,1H3;1H. The van der Waals surface area contributed by atoms with Crippen molar-refractivity contribution in [2.45, 2.75) is 25.8 Å². The van der Waals surface area contributed by atoms with Crippen molar-refractivity contribution in [2.75, 3.05) is 13.1 Å². The molecule has 2 N–H and O–H groups in total. The van der Waals surface area contributed by atoms with Gasteiger partial charge in [-0.25, -0.2) is 0 Å². The number of thiophene rings is 1. The van der Waals surface area contributed by atoms with Gasteiger partial charge in [0.15, 0.2) is 0 Å². The third-order valence-electron chi connectivity index (χ3n) is 3.35. The highest BCUT2D eigenvalue weighted by molar-refractivity contribution is 9.11. The van der Waals surface area contributed by atoms with Crippen molar-refractivity contribution in [3.05, 3.63) is 20.8 Å². The molecule has 1 saturated heterocycles. The lowest BCUT2D eigenvalue weighted by atomic mass is 9.91. The zero-order valence-corrected chi connectivity index (χ0v) is 13.5. The molecule has 0 radical (unpaired) electrons. The quantitative estimate of drug-likeness (QED) is 0.888. The first-order chi connectivity index (χ1) is 8.08. The minimum Gasteiger partial charge on any atom is -0.338 e. The van der Waals surface area contributed by atoms with Gasteiger partial charge in [0.25, 0.3) is 5.91 Å². The number of carbonyl (C=O) groups is 1. The van der Waals surface area contributed by atoms with Crippen LogP contribution in [-0.2, 0) is 0 Å². The van der Waals surface area contributed by atoms with Gasteiger partial charge in [0.2, 0.25) is 0 Å². The van der Waals surface area contributed by atoms with Crippen LogP contribution >= 0.6 is 39.7 Å². The molecule has 3 nitrogen and oxygen atoms in total. The zero-order chi connectivity index (χ0) is 12.4. The number of hydrogen-bond donors (Lipinski definition) is 1. The van der Waals surface area contributed by atoms with Crippen LogP contribution in [0.2, 0.25) is 0 Å². The Morgan fingerprint density at radius 2 is 2.11 bits per heavy atom. The molecule has 1 amide bonds. The third-order valence-corrected chi connectivity index (χ3v) is 4.97. The lowest BCUT2D eigenvalue weighted by Crippen LogP contribution is -2.42. The summed E-state index contributed by atoms with van der Waals surface area (Å²) in [4.78, 5) is 14.9. The summed E-state index contributed by atoms with van der Waals surface area (Å²) in [5.74, 6) is 0.720. The molecular formula is C12H18BrClN2OS. The summed E-state index contributed by atoms with van der Waals surface area (Å²) in [6.07, 6.45) is 2.05. The van der Waals surface area contributed by atoms with Gasteiger partial charge >= 0.3 is 0 Å². The maximum Gasteiger partial charge on any atom is 0.263 e. The molecule has 2 heterocycles. The second-order valence-electron chi connectivity index (χ2n) is 4.59. The minimum atomic E-state index is 0. The van der Waals surface area contributed by atoms with E-state index in [0.717, 1.165) is 34.6 Å². The summed E-state index contributed by atoms with van der Waals surface area (Å²) in [6, 6.07) is 4.05. The number of piperidine rings is 1. The SMILES string of the molecule is CC(N)C1CCN(C(=O)c2ccc(Br)s2)CC1.Cl. The Bertz CT molecular complexity index is 403. The first-order valence-electron chi connectivity index (χ1n) is 5.88. The Kier molecular flexibility index (Phi) is 6.11. The fraction of sp³-hybridized carbons (Fsp3) is 0.583. The van der Waals surface area contributed by atoms with Crippen molar-refractivity contribution in [3.63, 3.8) is 0 Å². The molecule has 6 heteroatoms. The Balaban J connectivity index is 0.00000162. The molecule has 1 atom stereocenters. The molecule has 1 aliphatic heterocycles. The van der Waals surface area contributed by atoms with Crippen LogP contribution in [0.15, 0.2) is 15.9 Å². The highest BCUT2D eigenvalue weighted by Gasteiger charge is 2.25. The molecule has 0 bridgehead atoms. The Hall–Kier alpha value is -0.100. The summed E-state index contributed by atoms with van der Waals surface area (Å²) < 4.78 is 1.01. The van der Waals surface area contributed by atoms with Crippen molar-refractivity contribution < 1.29 is 4.79 Å². The monoisotopic (exact) mass is 352 g/mol. The molecule has 2 rings (SSSR count). The number of amides is 1. The molecule has 102 valence electrons. The molecular weight excluding hydrogens is 336 g/mol. The van der Waals surface area contributed by atoms with Crippen LogP contribution in [0.3, 0.4) is 0 Å². The largest absolute Gasteiger partial charge is 0.338 e. The van der Waals surface area contributed by atoms with Crippen LogP contribution < -0.4 is 5.73 Å². The minimum absolute atomic E-state index is 0. The van der Waals surface area contributed by atoms with E-state index >= 15 is 0 Å². The topological polar surface area (TPSA) is 46.3 Å². The van der Waals surface area contributed by atoms with Crippen LogP contribution in [0.1, 0.15) is 29.4 Å². The van der Waals surface area contributed by atoms with Crippen LogP contribution in [0, 0.1) is 5.92 Å². The molecule has 0 aromatic carbocycles. The van der Waals surface area contributed by atoms with Crippen LogP contribution in [0.25, 0.3) is 0 Å². The highest BCUT2D eigenvalue weighted by Crippen LogP contribution is 2.26. The number of nitrogens with zero attached hydrogens (tertiary/aromatic N) is 1. The Labute approximate surface area is 126 Å². The summed E-state index contributed by atoms with van der Waals surface area (Å²) >= 11 is 4.88. The summed E-state index contributed by atoms with van der Waals surface area (Å²) in [6.45, 7) is 3.72. The molecule has 0 saturated carbocycles. The molecule has 1 aromatic rings. The van der Waals surface area contributed by atoms with E-state index in [0.29, 0.717) is 5.92 Å². The molecule has 1 unspecified atom stereocenters. The van der Waals surface area contributed by atoms with E-state index in [-0.39, 0.29) is 24.4 Å². The first kappa shape index (κ1) is 16.0. The van der Waals surface area contributed by atoms with E-state index < -0.39 is 0 Å². The van der Waals surface area contributed by atoms with Gasteiger partial charge in [-0.05, 0) is 53.7 Å². The number of carbonyl (C=O) groups excluding carboxylic acids is 1. The average Bonchev–Trinajstić information content (AvgIpc) is 2.75. The van der Waals surface area contributed by atoms with Crippen molar-refractivity contribution in [2.24, 2.45) is 11.7 Å². The van der Waals surface area contributed by atoms with Gasteiger partial charge in [-0.15, -0.1) is 23.7 Å². The second-order valence-corrected chi connectivity index (χ2v) is 7.06. The molecule has 1 aliphatic rings. The van der Waals surface area contributed by atoms with Gasteiger partial charge in [0.05, 0.1) is 8.66 Å². The number of halogens is 2. The van der Waals surface area contributed by atoms with E-state index in [4.69, 9.17) is 5.73 Å². The molecule has 0 spiro atoms. The summed E-state index contributed by atoms with van der Waals surface area (Å²) in [5, 5.41) is 0. The molecule has 0 aliphatic carbocycles. The summed E-state index contributed by atoms with van der Waals surface area (Å²) in [5.41, 5.74) is 5.90. The smallest absolute Gasteiger partial charge is 0.263 e. The van der Waals surface area contributed by atoms with Gasteiger partial charge < -0.3 is 10.6 Å². The van der Waals surface area contributed by atoms with Gasteiger partial charge in [-0.3, -0.25) is 4.79 Å². The van der Waals surface area contributed by atoms with Gasteiger partial charge in [-0.2, -0.15) is 0 Å². The predicted molar refractivity (Wildman–Crippen MR) is 81.5 cm³/mol. The zero-order valence-electron chi connectivity index (χ0n) is 10.3. The number of hydrogen-bond acceptors (Lipinski definition) is 3. The normalized spacial score (nSPS) is 18.3. The number of nitrogens with two attached hydrogens (primary N) is 1. The van der Waals surface area contributed by atoms with Gasteiger partial charge in [0, 0.05) is 19.1 Å². The number of rotatable bonds is 2. The van der Waals surface area contributed by atoms with Crippen molar-refractivity contribution >= 4 is 45.6 Å². The summed E-state index contributed by atoms with van der Waals surface area (Å²) in [7, 11) is 0. The first-order valence-corrected chi connectivity index (χ1v) is 7.49. The van der Waals surface area contributed by atoms with E-state index in [9.17, 15) is 4.79 Å². The van der Waals surface area contributed by atoms with Crippen molar-refractivity contribution in [3.8, 4) is 0 Å². The third kappa shape index (κ3) is 3.70. The van der Waals surface area contributed by atoms with Gasteiger partial charge in [0.1, 0.15) is 0 Å². The molecule has 18 heavy (non-hydrogen) atoms. The maximum atomic E-state index is 12.2. The van der Waals surface area contributed by atoms with Crippen LogP contribution in [0.4, 0.5) is 0 Å². The van der Waals surface area contributed by atoms with Crippen LogP contribution in [-0.4, -0.2) is 29.9 Å². The van der Waals surface area contributed by atoms with Crippen molar-refractivity contribution in [1.82, 2.24) is 4.90 Å².